The zero-order valence-electron chi connectivity index (χ0n) is 17.1. The lowest BCUT2D eigenvalue weighted by Gasteiger charge is -2.36. The van der Waals surface area contributed by atoms with Crippen molar-refractivity contribution >= 4 is 23.4 Å². The lowest BCUT2D eigenvalue weighted by molar-refractivity contribution is -0.116. The molecule has 29 heavy (non-hydrogen) atoms. The van der Waals surface area contributed by atoms with Crippen LogP contribution in [0.2, 0.25) is 0 Å². The van der Waals surface area contributed by atoms with E-state index in [2.05, 4.69) is 57.6 Å². The van der Waals surface area contributed by atoms with Gasteiger partial charge in [0.05, 0.1) is 12.3 Å². The van der Waals surface area contributed by atoms with Gasteiger partial charge in [-0.05, 0) is 48.7 Å². The predicted molar refractivity (Wildman–Crippen MR) is 119 cm³/mol. The van der Waals surface area contributed by atoms with Crippen molar-refractivity contribution in [2.24, 2.45) is 0 Å². The fourth-order valence-corrected chi connectivity index (χ4v) is 4.01. The van der Waals surface area contributed by atoms with E-state index in [0.717, 1.165) is 50.6 Å². The molecule has 5 heteroatoms. The number of carbonyl (C=O) groups is 1. The highest BCUT2D eigenvalue weighted by Crippen LogP contribution is 2.29. The van der Waals surface area contributed by atoms with Crippen LogP contribution in [0.25, 0.3) is 6.08 Å². The zero-order chi connectivity index (χ0) is 20.1. The number of nitrogens with zero attached hydrogens (tertiary/aromatic N) is 2. The summed E-state index contributed by atoms with van der Waals surface area (Å²) in [6.07, 6.45) is 5.84. The SMILES string of the molecule is CCOc1ccccc1N1CCN(C/C=C/c2ccc3c(c2)CCC(=O)N3)CC1. The van der Waals surface area contributed by atoms with Crippen LogP contribution in [0.5, 0.6) is 5.75 Å². The number of carbonyl (C=O) groups excluding carboxylic acids is 1. The van der Waals surface area contributed by atoms with Crippen molar-refractivity contribution in [1.82, 2.24) is 4.90 Å². The van der Waals surface area contributed by atoms with Gasteiger partial charge in [-0.1, -0.05) is 30.4 Å². The topological polar surface area (TPSA) is 44.8 Å². The molecule has 0 aromatic heterocycles. The number of aryl methyl sites for hydroxylation is 1. The minimum Gasteiger partial charge on any atom is -0.492 e. The first-order chi connectivity index (χ1) is 14.2. The predicted octanol–water partition coefficient (Wildman–Crippen LogP) is 3.81. The molecule has 1 N–H and O–H groups in total. The Hall–Kier alpha value is -2.79. The molecule has 2 heterocycles. The molecular weight excluding hydrogens is 362 g/mol. The van der Waals surface area contributed by atoms with Gasteiger partial charge in [0.2, 0.25) is 5.91 Å². The molecule has 0 atom stereocenters. The highest BCUT2D eigenvalue weighted by molar-refractivity contribution is 5.94. The molecule has 2 aromatic carbocycles. The fourth-order valence-electron chi connectivity index (χ4n) is 4.01. The van der Waals surface area contributed by atoms with Crippen LogP contribution in [0, 0.1) is 0 Å². The normalized spacial score (nSPS) is 17.3. The quantitative estimate of drug-likeness (QED) is 0.813. The lowest BCUT2D eigenvalue weighted by Crippen LogP contribution is -2.46. The van der Waals surface area contributed by atoms with Gasteiger partial charge < -0.3 is 15.0 Å². The van der Waals surface area contributed by atoms with Crippen molar-refractivity contribution in [3.05, 3.63) is 59.7 Å². The molecule has 0 unspecified atom stereocenters. The van der Waals surface area contributed by atoms with Gasteiger partial charge in [-0.25, -0.2) is 0 Å². The van der Waals surface area contributed by atoms with E-state index in [-0.39, 0.29) is 5.91 Å². The minimum atomic E-state index is 0.115. The third kappa shape index (κ3) is 4.80. The molecule has 0 aliphatic carbocycles. The smallest absolute Gasteiger partial charge is 0.224 e. The average molecular weight is 392 g/mol. The Morgan fingerprint density at radius 2 is 1.90 bits per heavy atom. The Bertz CT molecular complexity index is 885. The summed E-state index contributed by atoms with van der Waals surface area (Å²) in [5, 5.41) is 2.94. The largest absolute Gasteiger partial charge is 0.492 e. The third-order valence-corrected chi connectivity index (χ3v) is 5.58. The van der Waals surface area contributed by atoms with Gasteiger partial charge in [-0.3, -0.25) is 9.69 Å². The third-order valence-electron chi connectivity index (χ3n) is 5.58. The molecule has 4 rings (SSSR count). The number of amides is 1. The van der Waals surface area contributed by atoms with Crippen molar-refractivity contribution in [1.29, 1.82) is 0 Å². The molecule has 1 amide bonds. The van der Waals surface area contributed by atoms with E-state index in [0.29, 0.717) is 13.0 Å². The molecule has 2 aliphatic heterocycles. The number of para-hydroxylation sites is 2. The first-order valence-electron chi connectivity index (χ1n) is 10.5. The van der Waals surface area contributed by atoms with E-state index >= 15 is 0 Å². The number of hydrogen-bond donors (Lipinski definition) is 1. The van der Waals surface area contributed by atoms with Crippen LogP contribution in [0.15, 0.2) is 48.5 Å². The number of ether oxygens (including phenoxy) is 1. The minimum absolute atomic E-state index is 0.115. The maximum absolute atomic E-state index is 11.5. The Kier molecular flexibility index (Phi) is 6.15. The Morgan fingerprint density at radius 3 is 2.72 bits per heavy atom. The Morgan fingerprint density at radius 1 is 1.07 bits per heavy atom. The van der Waals surface area contributed by atoms with Gasteiger partial charge in [0.25, 0.3) is 0 Å². The van der Waals surface area contributed by atoms with Crippen LogP contribution < -0.4 is 15.0 Å². The van der Waals surface area contributed by atoms with E-state index < -0.39 is 0 Å². The molecule has 0 bridgehead atoms. The number of anilines is 2. The summed E-state index contributed by atoms with van der Waals surface area (Å²) in [6.45, 7) is 7.78. The van der Waals surface area contributed by atoms with Gasteiger partial charge in [0.15, 0.2) is 0 Å². The average Bonchev–Trinajstić information content (AvgIpc) is 2.75. The molecular formula is C24H29N3O2. The van der Waals surface area contributed by atoms with Crippen LogP contribution >= 0.6 is 0 Å². The van der Waals surface area contributed by atoms with Crippen molar-refractivity contribution in [3.63, 3.8) is 0 Å². The van der Waals surface area contributed by atoms with E-state index in [1.54, 1.807) is 0 Å². The van der Waals surface area contributed by atoms with Gasteiger partial charge in [0, 0.05) is 44.8 Å². The van der Waals surface area contributed by atoms with Crippen LogP contribution in [-0.4, -0.2) is 50.1 Å². The number of nitrogens with one attached hydrogen (secondary N) is 1. The molecule has 152 valence electrons. The van der Waals surface area contributed by atoms with E-state index in [4.69, 9.17) is 4.74 Å². The summed E-state index contributed by atoms with van der Waals surface area (Å²) in [7, 11) is 0. The number of benzene rings is 2. The highest BCUT2D eigenvalue weighted by Gasteiger charge is 2.19. The number of hydrogen-bond acceptors (Lipinski definition) is 4. The van der Waals surface area contributed by atoms with E-state index in [9.17, 15) is 4.79 Å². The van der Waals surface area contributed by atoms with Gasteiger partial charge in [-0.2, -0.15) is 0 Å². The van der Waals surface area contributed by atoms with E-state index in [1.807, 2.05) is 19.1 Å². The summed E-state index contributed by atoms with van der Waals surface area (Å²) in [5.41, 5.74) is 4.59. The highest BCUT2D eigenvalue weighted by atomic mass is 16.5. The molecule has 1 saturated heterocycles. The van der Waals surface area contributed by atoms with Gasteiger partial charge in [0.1, 0.15) is 5.75 Å². The first-order valence-corrected chi connectivity index (χ1v) is 10.5. The standard InChI is InChI=1S/C24H29N3O2/c1-2-29-23-8-4-3-7-22(23)27-16-14-26(15-17-27)13-5-6-19-9-11-21-20(18-19)10-12-24(28)25-21/h3-9,11,18H,2,10,12-17H2,1H3,(H,25,28)/b6-5+. The number of fused-ring (bicyclic) bond motifs is 1. The molecule has 2 aromatic rings. The second-order valence-electron chi connectivity index (χ2n) is 7.56. The summed E-state index contributed by atoms with van der Waals surface area (Å²) in [6, 6.07) is 14.6. The first kappa shape index (κ1) is 19.5. The van der Waals surface area contributed by atoms with E-state index in [1.165, 1.54) is 16.8 Å². The Labute approximate surface area is 173 Å². The van der Waals surface area contributed by atoms with Crippen LogP contribution in [0.3, 0.4) is 0 Å². The van der Waals surface area contributed by atoms with Crippen LogP contribution in [-0.2, 0) is 11.2 Å². The Balaban J connectivity index is 1.30. The molecule has 0 radical (unpaired) electrons. The van der Waals surface area contributed by atoms with Crippen molar-refractivity contribution < 1.29 is 9.53 Å². The van der Waals surface area contributed by atoms with Gasteiger partial charge in [-0.15, -0.1) is 0 Å². The summed E-state index contributed by atoms with van der Waals surface area (Å²) >= 11 is 0. The maximum Gasteiger partial charge on any atom is 0.224 e. The monoisotopic (exact) mass is 391 g/mol. The molecule has 2 aliphatic rings. The summed E-state index contributed by atoms with van der Waals surface area (Å²) in [5.74, 6) is 1.09. The molecule has 0 spiro atoms. The zero-order valence-corrected chi connectivity index (χ0v) is 17.1. The van der Waals surface area contributed by atoms with Crippen LogP contribution in [0.4, 0.5) is 11.4 Å². The van der Waals surface area contributed by atoms with Crippen molar-refractivity contribution in [3.8, 4) is 5.75 Å². The molecule has 0 saturated carbocycles. The van der Waals surface area contributed by atoms with Crippen LogP contribution in [0.1, 0.15) is 24.5 Å². The second kappa shape index (κ2) is 9.14. The van der Waals surface area contributed by atoms with Crippen molar-refractivity contribution in [2.75, 3.05) is 49.5 Å². The molecule has 5 nitrogen and oxygen atoms in total. The summed E-state index contributed by atoms with van der Waals surface area (Å²) in [4.78, 5) is 16.4. The van der Waals surface area contributed by atoms with Crippen molar-refractivity contribution in [2.45, 2.75) is 19.8 Å². The fraction of sp³-hybridized carbons (Fsp3) is 0.375. The second-order valence-corrected chi connectivity index (χ2v) is 7.56. The maximum atomic E-state index is 11.5. The van der Waals surface area contributed by atoms with Gasteiger partial charge >= 0.3 is 0 Å². The number of rotatable bonds is 6. The number of piperazine rings is 1. The lowest BCUT2D eigenvalue weighted by atomic mass is 10.0. The molecule has 1 fully saturated rings. The summed E-state index contributed by atoms with van der Waals surface area (Å²) < 4.78 is 5.79.